The van der Waals surface area contributed by atoms with Crippen LogP contribution in [0.15, 0.2) is 18.2 Å². The van der Waals surface area contributed by atoms with E-state index in [1.54, 1.807) is 7.11 Å². The monoisotopic (exact) mass is 303 g/mol. The average Bonchev–Trinajstić information content (AvgIpc) is 2.41. The zero-order valence-electron chi connectivity index (χ0n) is 12.1. The van der Waals surface area contributed by atoms with Crippen molar-refractivity contribution in [1.29, 1.82) is 0 Å². The maximum absolute atomic E-state index is 6.07. The summed E-state index contributed by atoms with van der Waals surface area (Å²) in [6.07, 6.45) is 1.81. The topological polar surface area (TPSA) is 21.3 Å². The van der Waals surface area contributed by atoms with Crippen molar-refractivity contribution in [3.8, 4) is 0 Å². The lowest BCUT2D eigenvalue weighted by molar-refractivity contribution is -0.0283. The van der Waals surface area contributed by atoms with E-state index in [-0.39, 0.29) is 11.6 Å². The van der Waals surface area contributed by atoms with Crippen LogP contribution in [0.1, 0.15) is 32.8 Å². The average molecular weight is 304 g/mol. The number of methoxy groups -OCH3 is 1. The van der Waals surface area contributed by atoms with Crippen molar-refractivity contribution in [2.75, 3.05) is 13.7 Å². The minimum atomic E-state index is -0.192. The summed E-state index contributed by atoms with van der Waals surface area (Å²) in [6.45, 7) is 7.29. The second kappa shape index (κ2) is 7.49. The summed E-state index contributed by atoms with van der Waals surface area (Å²) in [6, 6.07) is 6.03. The number of benzene rings is 1. The van der Waals surface area contributed by atoms with E-state index < -0.39 is 0 Å². The molecule has 19 heavy (non-hydrogen) atoms. The molecule has 0 aliphatic heterocycles. The highest BCUT2D eigenvalue weighted by atomic mass is 35.5. The van der Waals surface area contributed by atoms with Crippen LogP contribution in [0.2, 0.25) is 10.0 Å². The Bertz CT molecular complexity index is 405. The van der Waals surface area contributed by atoms with Crippen LogP contribution in [0.3, 0.4) is 0 Å². The van der Waals surface area contributed by atoms with E-state index in [9.17, 15) is 0 Å². The van der Waals surface area contributed by atoms with Gasteiger partial charge in [0, 0.05) is 13.2 Å². The fourth-order valence-corrected chi connectivity index (χ4v) is 2.51. The molecule has 2 atom stereocenters. The van der Waals surface area contributed by atoms with E-state index in [2.05, 4.69) is 26.1 Å². The first kappa shape index (κ1) is 16.8. The van der Waals surface area contributed by atoms with E-state index >= 15 is 0 Å². The molecule has 0 saturated carbocycles. The highest BCUT2D eigenvalue weighted by Gasteiger charge is 2.32. The summed E-state index contributed by atoms with van der Waals surface area (Å²) in [5.74, 6) is 0. The molecular weight excluding hydrogens is 281 g/mol. The van der Waals surface area contributed by atoms with Crippen LogP contribution in [0, 0.1) is 0 Å². The molecule has 0 spiro atoms. The van der Waals surface area contributed by atoms with Crippen LogP contribution >= 0.6 is 23.2 Å². The van der Waals surface area contributed by atoms with E-state index in [1.165, 1.54) is 0 Å². The summed E-state index contributed by atoms with van der Waals surface area (Å²) in [5.41, 5.74) is 0.972. The first-order chi connectivity index (χ1) is 8.96. The Morgan fingerprint density at radius 2 is 1.95 bits per heavy atom. The Labute approximate surface area is 126 Å². The van der Waals surface area contributed by atoms with Gasteiger partial charge in [-0.15, -0.1) is 0 Å². The molecule has 0 fully saturated rings. The molecule has 0 aromatic heterocycles. The lowest BCUT2D eigenvalue weighted by atomic mass is 9.88. The van der Waals surface area contributed by atoms with Crippen molar-refractivity contribution in [2.45, 2.75) is 45.3 Å². The third-order valence-electron chi connectivity index (χ3n) is 3.78. The van der Waals surface area contributed by atoms with Crippen molar-refractivity contribution >= 4 is 23.2 Å². The van der Waals surface area contributed by atoms with Gasteiger partial charge in [0.25, 0.3) is 0 Å². The molecule has 0 radical (unpaired) electrons. The fourth-order valence-electron chi connectivity index (χ4n) is 2.19. The molecule has 0 amide bonds. The summed E-state index contributed by atoms with van der Waals surface area (Å²) in [4.78, 5) is 0. The third kappa shape index (κ3) is 4.35. The Morgan fingerprint density at radius 3 is 2.42 bits per heavy atom. The maximum Gasteiger partial charge on any atom is 0.0803 e. The van der Waals surface area contributed by atoms with Gasteiger partial charge >= 0.3 is 0 Å². The van der Waals surface area contributed by atoms with Gasteiger partial charge in [-0.3, -0.25) is 0 Å². The Balaban J connectivity index is 2.91. The van der Waals surface area contributed by atoms with E-state index in [4.69, 9.17) is 27.9 Å². The minimum absolute atomic E-state index is 0.192. The maximum atomic E-state index is 6.07. The van der Waals surface area contributed by atoms with Crippen LogP contribution < -0.4 is 5.32 Å². The minimum Gasteiger partial charge on any atom is -0.377 e. The molecule has 0 aliphatic carbocycles. The molecule has 108 valence electrons. The Hall–Kier alpha value is -0.280. The standard InChI is InChI=1S/C15H23Cl2NO/c1-5-15(3,19-4)14(18-6-2)10-11-7-8-12(16)13(17)9-11/h7-9,14,18H,5-6,10H2,1-4H3. The number of ether oxygens (including phenoxy) is 1. The summed E-state index contributed by atoms with van der Waals surface area (Å²) in [7, 11) is 1.77. The lowest BCUT2D eigenvalue weighted by Gasteiger charge is -2.36. The smallest absolute Gasteiger partial charge is 0.0803 e. The van der Waals surface area contributed by atoms with Crippen LogP contribution in [-0.2, 0) is 11.2 Å². The summed E-state index contributed by atoms with van der Waals surface area (Å²) < 4.78 is 5.71. The van der Waals surface area contributed by atoms with Gasteiger partial charge in [0.05, 0.1) is 15.6 Å². The van der Waals surface area contributed by atoms with Gasteiger partial charge in [-0.25, -0.2) is 0 Å². The molecular formula is C15H23Cl2NO. The third-order valence-corrected chi connectivity index (χ3v) is 4.52. The van der Waals surface area contributed by atoms with Gasteiger partial charge in [-0.05, 0) is 44.0 Å². The van der Waals surface area contributed by atoms with Crippen LogP contribution in [0.5, 0.6) is 0 Å². The van der Waals surface area contributed by atoms with Gasteiger partial charge in [-0.2, -0.15) is 0 Å². The van der Waals surface area contributed by atoms with Crippen molar-refractivity contribution in [3.63, 3.8) is 0 Å². The Morgan fingerprint density at radius 1 is 1.26 bits per heavy atom. The largest absolute Gasteiger partial charge is 0.377 e. The highest BCUT2D eigenvalue weighted by Crippen LogP contribution is 2.26. The van der Waals surface area contributed by atoms with Crippen LogP contribution in [-0.4, -0.2) is 25.3 Å². The predicted octanol–water partition coefficient (Wildman–Crippen LogP) is 4.33. The number of likely N-dealkylation sites (N-methyl/N-ethyl adjacent to an activating group) is 1. The van der Waals surface area contributed by atoms with Gasteiger partial charge in [0.1, 0.15) is 0 Å². The van der Waals surface area contributed by atoms with Gasteiger partial charge < -0.3 is 10.1 Å². The number of rotatable bonds is 7. The normalized spacial score (nSPS) is 16.1. The van der Waals surface area contributed by atoms with Crippen molar-refractivity contribution in [3.05, 3.63) is 33.8 Å². The molecule has 2 nitrogen and oxygen atoms in total. The first-order valence-corrected chi connectivity index (χ1v) is 7.44. The quantitative estimate of drug-likeness (QED) is 0.809. The highest BCUT2D eigenvalue weighted by molar-refractivity contribution is 6.42. The van der Waals surface area contributed by atoms with Gasteiger partial charge in [-0.1, -0.05) is 43.1 Å². The molecule has 0 saturated heterocycles. The zero-order valence-corrected chi connectivity index (χ0v) is 13.6. The second-order valence-electron chi connectivity index (χ2n) is 4.93. The molecule has 0 heterocycles. The number of halogens is 2. The first-order valence-electron chi connectivity index (χ1n) is 6.69. The Kier molecular flexibility index (Phi) is 6.61. The van der Waals surface area contributed by atoms with Crippen molar-refractivity contribution < 1.29 is 4.74 Å². The molecule has 2 unspecified atom stereocenters. The SMILES string of the molecule is CCNC(Cc1ccc(Cl)c(Cl)c1)C(C)(CC)OC. The molecule has 1 aromatic carbocycles. The van der Waals surface area contributed by atoms with Gasteiger partial charge in [0.15, 0.2) is 0 Å². The van der Waals surface area contributed by atoms with Crippen LogP contribution in [0.25, 0.3) is 0 Å². The van der Waals surface area contributed by atoms with E-state index in [0.717, 1.165) is 24.9 Å². The number of nitrogens with one attached hydrogen (secondary N) is 1. The van der Waals surface area contributed by atoms with Crippen molar-refractivity contribution in [1.82, 2.24) is 5.32 Å². The molecule has 4 heteroatoms. The molecule has 0 bridgehead atoms. The fraction of sp³-hybridized carbons (Fsp3) is 0.600. The van der Waals surface area contributed by atoms with E-state index in [0.29, 0.717) is 10.0 Å². The molecule has 1 N–H and O–H groups in total. The van der Waals surface area contributed by atoms with Crippen molar-refractivity contribution in [2.24, 2.45) is 0 Å². The van der Waals surface area contributed by atoms with Gasteiger partial charge in [0.2, 0.25) is 0 Å². The summed E-state index contributed by atoms with van der Waals surface area (Å²) in [5, 5.41) is 4.70. The van der Waals surface area contributed by atoms with Crippen LogP contribution in [0.4, 0.5) is 0 Å². The number of hydrogen-bond donors (Lipinski definition) is 1. The summed E-state index contributed by atoms with van der Waals surface area (Å²) >= 11 is 12.0. The molecule has 1 aromatic rings. The number of hydrogen-bond acceptors (Lipinski definition) is 2. The predicted molar refractivity (Wildman–Crippen MR) is 83.3 cm³/mol. The zero-order chi connectivity index (χ0) is 14.5. The lowest BCUT2D eigenvalue weighted by Crippen LogP contribution is -2.51. The molecule has 1 rings (SSSR count). The molecule has 0 aliphatic rings. The second-order valence-corrected chi connectivity index (χ2v) is 5.75. The van der Waals surface area contributed by atoms with E-state index in [1.807, 2.05) is 18.2 Å².